The molecule has 120 valence electrons. The number of hydrogen-bond acceptors (Lipinski definition) is 3. The zero-order chi connectivity index (χ0) is 15.7. The number of hydrogen-bond donors (Lipinski definition) is 2. The molecule has 2 rings (SSSR count). The van der Waals surface area contributed by atoms with Gasteiger partial charge in [-0.1, -0.05) is 37.8 Å². The third-order valence-corrected chi connectivity index (χ3v) is 6.31. The fourth-order valence-corrected chi connectivity index (χ4v) is 4.80. The highest BCUT2D eigenvalue weighted by molar-refractivity contribution is 7.89. The van der Waals surface area contributed by atoms with Gasteiger partial charge in [-0.25, -0.2) is 0 Å². The number of aliphatic hydroxyl groups is 1. The third kappa shape index (κ3) is 3.10. The molecule has 5 heteroatoms. The van der Waals surface area contributed by atoms with Gasteiger partial charge in [0.05, 0.1) is 11.0 Å². The van der Waals surface area contributed by atoms with Crippen molar-refractivity contribution < 1.29 is 18.1 Å². The first-order valence-corrected chi connectivity index (χ1v) is 9.30. The Morgan fingerprint density at radius 2 is 1.90 bits per heavy atom. The number of rotatable bonds is 4. The summed E-state index contributed by atoms with van der Waals surface area (Å²) >= 11 is 0. The van der Waals surface area contributed by atoms with Crippen molar-refractivity contribution in [3.05, 3.63) is 22.6 Å². The summed E-state index contributed by atoms with van der Waals surface area (Å²) in [7, 11) is -4.20. The van der Waals surface area contributed by atoms with Crippen LogP contribution in [-0.4, -0.2) is 24.2 Å². The molecule has 21 heavy (non-hydrogen) atoms. The Balaban J connectivity index is 2.45. The lowest BCUT2D eigenvalue weighted by atomic mass is 9.58. The molecule has 2 aliphatic rings. The molecule has 0 aromatic carbocycles. The van der Waals surface area contributed by atoms with Crippen LogP contribution in [0.3, 0.4) is 0 Å². The van der Waals surface area contributed by atoms with Gasteiger partial charge >= 0.3 is 0 Å². The lowest BCUT2D eigenvalue weighted by Crippen LogP contribution is -2.45. The second-order valence-electron chi connectivity index (χ2n) is 6.43. The predicted molar refractivity (Wildman–Crippen MR) is 83.3 cm³/mol. The highest BCUT2D eigenvalue weighted by Gasteiger charge is 2.48. The molecule has 0 amide bonds. The van der Waals surface area contributed by atoms with Crippen LogP contribution in [0.15, 0.2) is 22.6 Å². The van der Waals surface area contributed by atoms with E-state index >= 15 is 0 Å². The molecule has 4 nitrogen and oxygen atoms in total. The lowest BCUT2D eigenvalue weighted by Gasteiger charge is -2.48. The molecule has 0 aromatic rings. The quantitative estimate of drug-likeness (QED) is 0.779. The van der Waals surface area contributed by atoms with Gasteiger partial charge in [-0.15, -0.1) is 0 Å². The van der Waals surface area contributed by atoms with Crippen LogP contribution >= 0.6 is 0 Å². The Morgan fingerprint density at radius 1 is 1.29 bits per heavy atom. The van der Waals surface area contributed by atoms with Crippen molar-refractivity contribution in [3.8, 4) is 0 Å². The Labute approximate surface area is 127 Å². The molecule has 0 aromatic heterocycles. The minimum atomic E-state index is -4.20. The van der Waals surface area contributed by atoms with Gasteiger partial charge in [0.25, 0.3) is 10.1 Å². The highest BCUT2D eigenvalue weighted by atomic mass is 32.2. The van der Waals surface area contributed by atoms with Gasteiger partial charge < -0.3 is 5.11 Å². The van der Waals surface area contributed by atoms with Crippen LogP contribution in [0.1, 0.15) is 58.8 Å². The molecule has 0 radical (unpaired) electrons. The Kier molecular flexibility index (Phi) is 4.96. The second kappa shape index (κ2) is 6.23. The van der Waals surface area contributed by atoms with Gasteiger partial charge in [0.15, 0.2) is 0 Å². The van der Waals surface area contributed by atoms with E-state index in [0.717, 1.165) is 31.3 Å². The lowest BCUT2D eigenvalue weighted by molar-refractivity contribution is -0.00862. The summed E-state index contributed by atoms with van der Waals surface area (Å²) < 4.78 is 32.5. The molecule has 2 unspecified atom stereocenters. The van der Waals surface area contributed by atoms with Gasteiger partial charge in [-0.2, -0.15) is 8.42 Å². The smallest absolute Gasteiger partial charge is 0.290 e. The molecular formula is C16H26O4S. The summed E-state index contributed by atoms with van der Waals surface area (Å²) in [6, 6.07) is 0. The first-order valence-electron chi connectivity index (χ1n) is 7.86. The van der Waals surface area contributed by atoms with Crippen molar-refractivity contribution in [2.45, 2.75) is 64.9 Å². The van der Waals surface area contributed by atoms with Gasteiger partial charge in [0.1, 0.15) is 0 Å². The minimum Gasteiger partial charge on any atom is -0.392 e. The second-order valence-corrected chi connectivity index (χ2v) is 7.91. The standard InChI is InChI=1S/C16H26O4S/c1-3-15(17)16(13-7-5-4-6-8-13)11-14(21(18,19)20)10-9-12(16)2/h9-10,13,15,17H,3-8,11H2,1-2H3,(H,18,19,20). The average Bonchev–Trinajstić information content (AvgIpc) is 2.47. The summed E-state index contributed by atoms with van der Waals surface area (Å²) in [6.45, 7) is 3.90. The van der Waals surface area contributed by atoms with Crippen molar-refractivity contribution >= 4 is 10.1 Å². The van der Waals surface area contributed by atoms with Crippen LogP contribution in [-0.2, 0) is 10.1 Å². The van der Waals surface area contributed by atoms with Gasteiger partial charge in [-0.3, -0.25) is 4.55 Å². The summed E-state index contributed by atoms with van der Waals surface area (Å²) in [5.74, 6) is 0.280. The fourth-order valence-electron chi connectivity index (χ4n) is 4.14. The maximum atomic E-state index is 11.6. The van der Waals surface area contributed by atoms with Crippen molar-refractivity contribution in [1.82, 2.24) is 0 Å². The monoisotopic (exact) mass is 314 g/mol. The molecule has 2 N–H and O–H groups in total. The third-order valence-electron chi connectivity index (χ3n) is 5.37. The maximum Gasteiger partial charge on any atom is 0.290 e. The van der Waals surface area contributed by atoms with Gasteiger partial charge in [0.2, 0.25) is 0 Å². The van der Waals surface area contributed by atoms with Crippen LogP contribution in [0, 0.1) is 11.3 Å². The van der Waals surface area contributed by atoms with E-state index in [1.165, 1.54) is 12.5 Å². The van der Waals surface area contributed by atoms with Crippen molar-refractivity contribution in [1.29, 1.82) is 0 Å². The molecule has 1 fully saturated rings. The molecule has 1 saturated carbocycles. The topological polar surface area (TPSA) is 74.6 Å². The van der Waals surface area contributed by atoms with Crippen LogP contribution in [0.5, 0.6) is 0 Å². The van der Waals surface area contributed by atoms with Crippen LogP contribution in [0.25, 0.3) is 0 Å². The van der Waals surface area contributed by atoms with E-state index in [0.29, 0.717) is 6.42 Å². The first-order chi connectivity index (χ1) is 9.82. The number of aliphatic hydroxyl groups excluding tert-OH is 1. The molecule has 0 aliphatic heterocycles. The predicted octanol–water partition coefficient (Wildman–Crippen LogP) is 3.45. The normalized spacial score (nSPS) is 29.7. The van der Waals surface area contributed by atoms with Crippen molar-refractivity contribution in [3.63, 3.8) is 0 Å². The van der Waals surface area contributed by atoms with E-state index in [9.17, 15) is 18.1 Å². The van der Waals surface area contributed by atoms with E-state index in [1.54, 1.807) is 6.08 Å². The maximum absolute atomic E-state index is 11.6. The molecule has 0 bridgehead atoms. The molecule has 0 spiro atoms. The van der Waals surface area contributed by atoms with Crippen molar-refractivity contribution in [2.24, 2.45) is 11.3 Å². The molecular weight excluding hydrogens is 288 g/mol. The van der Waals surface area contributed by atoms with Crippen LogP contribution in [0.4, 0.5) is 0 Å². The Hall–Kier alpha value is -0.650. The molecule has 2 atom stereocenters. The van der Waals surface area contributed by atoms with Gasteiger partial charge in [0, 0.05) is 5.41 Å². The molecule has 2 aliphatic carbocycles. The van der Waals surface area contributed by atoms with Crippen LogP contribution < -0.4 is 0 Å². The minimum absolute atomic E-state index is 0.0335. The zero-order valence-corrected chi connectivity index (χ0v) is 13.7. The van der Waals surface area contributed by atoms with Gasteiger partial charge in [-0.05, 0) is 44.6 Å². The van der Waals surface area contributed by atoms with Crippen LogP contribution in [0.2, 0.25) is 0 Å². The largest absolute Gasteiger partial charge is 0.392 e. The van der Waals surface area contributed by atoms with E-state index < -0.39 is 21.6 Å². The van der Waals surface area contributed by atoms with E-state index in [4.69, 9.17) is 0 Å². The summed E-state index contributed by atoms with van der Waals surface area (Å²) in [6.07, 6.45) is 8.95. The van der Waals surface area contributed by atoms with E-state index in [2.05, 4.69) is 0 Å². The zero-order valence-electron chi connectivity index (χ0n) is 12.9. The van der Waals surface area contributed by atoms with Crippen molar-refractivity contribution in [2.75, 3.05) is 0 Å². The first kappa shape index (κ1) is 16.7. The average molecular weight is 314 g/mol. The summed E-state index contributed by atoms with van der Waals surface area (Å²) in [4.78, 5) is 0.0335. The summed E-state index contributed by atoms with van der Waals surface area (Å²) in [5.41, 5.74) is 0.492. The Morgan fingerprint density at radius 3 is 2.43 bits per heavy atom. The highest BCUT2D eigenvalue weighted by Crippen LogP contribution is 2.52. The van der Waals surface area contributed by atoms with E-state index in [-0.39, 0.29) is 17.2 Å². The summed E-state index contributed by atoms with van der Waals surface area (Å²) in [5, 5.41) is 10.7. The Bertz CT molecular complexity index is 541. The van der Waals surface area contributed by atoms with E-state index in [1.807, 2.05) is 13.8 Å². The number of allylic oxidation sites excluding steroid dienone is 3. The fraction of sp³-hybridized carbons (Fsp3) is 0.750. The molecule has 0 saturated heterocycles. The molecule has 0 heterocycles. The SMILES string of the molecule is CCC(O)C1(C2CCCCC2)CC(S(=O)(=O)O)=CC=C1C.